The lowest BCUT2D eigenvalue weighted by atomic mass is 10.1. The molecule has 1 amide bonds. The lowest BCUT2D eigenvalue weighted by molar-refractivity contribution is 0.102. The van der Waals surface area contributed by atoms with Crippen LogP contribution >= 0.6 is 15.9 Å². The first-order valence-corrected chi connectivity index (χ1v) is 8.58. The zero-order chi connectivity index (χ0) is 17.6. The minimum absolute atomic E-state index is 0.261. The normalized spacial score (nSPS) is 10.3. The highest BCUT2D eigenvalue weighted by atomic mass is 79.9. The molecule has 0 atom stereocenters. The summed E-state index contributed by atoms with van der Waals surface area (Å²) in [5.74, 6) is 0.323. The number of hydrogen-bond donors (Lipinski definition) is 2. The van der Waals surface area contributed by atoms with E-state index in [1.807, 2.05) is 36.4 Å². The minimum Gasteiger partial charge on any atom is -0.365 e. The quantitative estimate of drug-likeness (QED) is 0.669. The molecule has 1 heterocycles. The first-order valence-electron chi connectivity index (χ1n) is 7.79. The average Bonchev–Trinajstić information content (AvgIpc) is 2.62. The maximum atomic E-state index is 12.2. The van der Waals surface area contributed by atoms with Crippen LogP contribution in [0.15, 0.2) is 65.4 Å². The number of anilines is 2. The third-order valence-corrected chi connectivity index (χ3v) is 4.25. The molecule has 0 radical (unpaired) electrons. The van der Waals surface area contributed by atoms with Gasteiger partial charge in [-0.25, -0.2) is 9.97 Å². The van der Waals surface area contributed by atoms with Crippen LogP contribution in [0.1, 0.15) is 21.6 Å². The Kier molecular flexibility index (Phi) is 5.40. The van der Waals surface area contributed by atoms with Gasteiger partial charge in [-0.2, -0.15) is 0 Å². The summed E-state index contributed by atoms with van der Waals surface area (Å²) in [6.07, 6.45) is 3.02. The SMILES string of the molecule is Cc1cccc(CNc2cnc(C(=O)Nc3ccccc3Br)cn2)c1. The summed E-state index contributed by atoms with van der Waals surface area (Å²) < 4.78 is 0.813. The molecule has 0 saturated carbocycles. The zero-order valence-electron chi connectivity index (χ0n) is 13.7. The fourth-order valence-corrected chi connectivity index (χ4v) is 2.68. The number of hydrogen-bond acceptors (Lipinski definition) is 4. The molecule has 1 aromatic heterocycles. The summed E-state index contributed by atoms with van der Waals surface area (Å²) in [6, 6.07) is 15.6. The number of rotatable bonds is 5. The average molecular weight is 397 g/mol. The van der Waals surface area contributed by atoms with Gasteiger partial charge in [0.05, 0.1) is 18.1 Å². The molecule has 0 unspecified atom stereocenters. The van der Waals surface area contributed by atoms with E-state index < -0.39 is 0 Å². The molecule has 0 aliphatic rings. The Morgan fingerprint density at radius 1 is 1.08 bits per heavy atom. The number of aryl methyl sites for hydroxylation is 1. The number of benzene rings is 2. The molecule has 0 aliphatic carbocycles. The van der Waals surface area contributed by atoms with Crippen molar-refractivity contribution in [1.29, 1.82) is 0 Å². The Morgan fingerprint density at radius 2 is 1.92 bits per heavy atom. The summed E-state index contributed by atoms with van der Waals surface area (Å²) in [6.45, 7) is 2.71. The van der Waals surface area contributed by atoms with E-state index in [0.29, 0.717) is 18.1 Å². The Bertz CT molecular complexity index is 881. The first kappa shape index (κ1) is 17.1. The molecular formula is C19H17BrN4O. The van der Waals surface area contributed by atoms with Gasteiger partial charge in [-0.1, -0.05) is 42.0 Å². The largest absolute Gasteiger partial charge is 0.365 e. The van der Waals surface area contributed by atoms with Crippen molar-refractivity contribution in [2.75, 3.05) is 10.6 Å². The molecule has 126 valence electrons. The van der Waals surface area contributed by atoms with Crippen LogP contribution in [-0.4, -0.2) is 15.9 Å². The Labute approximate surface area is 154 Å². The van der Waals surface area contributed by atoms with Crippen LogP contribution in [-0.2, 0) is 6.54 Å². The molecule has 2 N–H and O–H groups in total. The van der Waals surface area contributed by atoms with Gasteiger partial charge in [-0.15, -0.1) is 0 Å². The van der Waals surface area contributed by atoms with Crippen molar-refractivity contribution in [3.63, 3.8) is 0 Å². The van der Waals surface area contributed by atoms with Gasteiger partial charge in [0.1, 0.15) is 11.5 Å². The smallest absolute Gasteiger partial charge is 0.275 e. The summed E-state index contributed by atoms with van der Waals surface area (Å²) >= 11 is 3.40. The second-order valence-corrected chi connectivity index (χ2v) is 6.42. The number of para-hydroxylation sites is 1. The van der Waals surface area contributed by atoms with E-state index in [0.717, 1.165) is 10.0 Å². The fourth-order valence-electron chi connectivity index (χ4n) is 2.30. The number of carbonyl (C=O) groups is 1. The molecule has 0 bridgehead atoms. The molecule has 25 heavy (non-hydrogen) atoms. The van der Waals surface area contributed by atoms with E-state index in [9.17, 15) is 4.79 Å². The number of amides is 1. The lowest BCUT2D eigenvalue weighted by Crippen LogP contribution is -2.14. The highest BCUT2D eigenvalue weighted by Crippen LogP contribution is 2.21. The maximum absolute atomic E-state index is 12.2. The molecule has 5 nitrogen and oxygen atoms in total. The second kappa shape index (κ2) is 7.90. The van der Waals surface area contributed by atoms with E-state index >= 15 is 0 Å². The van der Waals surface area contributed by atoms with Crippen molar-refractivity contribution >= 4 is 33.3 Å². The standard InChI is InChI=1S/C19H17BrN4O/c1-13-5-4-6-14(9-13)10-22-18-12-21-17(11-23-18)19(25)24-16-8-3-2-7-15(16)20/h2-9,11-12H,10H2,1H3,(H,22,23)(H,24,25). The third-order valence-electron chi connectivity index (χ3n) is 3.56. The lowest BCUT2D eigenvalue weighted by Gasteiger charge is -2.08. The van der Waals surface area contributed by atoms with Crippen molar-refractivity contribution in [2.45, 2.75) is 13.5 Å². The highest BCUT2D eigenvalue weighted by Gasteiger charge is 2.10. The van der Waals surface area contributed by atoms with Crippen LogP contribution in [0.4, 0.5) is 11.5 Å². The molecule has 3 rings (SSSR count). The van der Waals surface area contributed by atoms with E-state index in [4.69, 9.17) is 0 Å². The monoisotopic (exact) mass is 396 g/mol. The van der Waals surface area contributed by atoms with E-state index in [2.05, 4.69) is 55.6 Å². The van der Waals surface area contributed by atoms with Crippen LogP contribution in [0.2, 0.25) is 0 Å². The van der Waals surface area contributed by atoms with Gasteiger partial charge >= 0.3 is 0 Å². The van der Waals surface area contributed by atoms with Gasteiger partial charge in [0.25, 0.3) is 5.91 Å². The molecule has 2 aromatic carbocycles. The summed E-state index contributed by atoms with van der Waals surface area (Å²) in [5, 5.41) is 6.00. The van der Waals surface area contributed by atoms with Crippen molar-refractivity contribution in [2.24, 2.45) is 0 Å². The third kappa shape index (κ3) is 4.64. The van der Waals surface area contributed by atoms with Crippen molar-refractivity contribution in [1.82, 2.24) is 9.97 Å². The molecule has 6 heteroatoms. The molecular weight excluding hydrogens is 380 g/mol. The highest BCUT2D eigenvalue weighted by molar-refractivity contribution is 9.10. The van der Waals surface area contributed by atoms with Crippen molar-refractivity contribution in [3.8, 4) is 0 Å². The van der Waals surface area contributed by atoms with Gasteiger partial charge in [0.15, 0.2) is 0 Å². The summed E-state index contributed by atoms with van der Waals surface area (Å²) in [4.78, 5) is 20.7. The van der Waals surface area contributed by atoms with Gasteiger partial charge in [0, 0.05) is 11.0 Å². The van der Waals surface area contributed by atoms with Crippen LogP contribution in [0.5, 0.6) is 0 Å². The van der Waals surface area contributed by atoms with E-state index in [1.54, 1.807) is 6.20 Å². The second-order valence-electron chi connectivity index (χ2n) is 5.56. The van der Waals surface area contributed by atoms with Gasteiger partial charge in [-0.05, 0) is 40.5 Å². The molecule has 0 aliphatic heterocycles. The first-order chi connectivity index (χ1) is 12.1. The number of nitrogens with one attached hydrogen (secondary N) is 2. The van der Waals surface area contributed by atoms with E-state index in [-0.39, 0.29) is 11.6 Å². The number of halogens is 1. The van der Waals surface area contributed by atoms with Crippen molar-refractivity contribution in [3.05, 3.63) is 82.2 Å². The number of nitrogens with zero attached hydrogens (tertiary/aromatic N) is 2. The summed E-state index contributed by atoms with van der Waals surface area (Å²) in [5.41, 5.74) is 3.33. The van der Waals surface area contributed by atoms with E-state index in [1.165, 1.54) is 11.8 Å². The van der Waals surface area contributed by atoms with Gasteiger partial charge in [0.2, 0.25) is 0 Å². The fraction of sp³-hybridized carbons (Fsp3) is 0.105. The maximum Gasteiger partial charge on any atom is 0.275 e. The zero-order valence-corrected chi connectivity index (χ0v) is 15.2. The number of carbonyl (C=O) groups excluding carboxylic acids is 1. The van der Waals surface area contributed by atoms with Gasteiger partial charge < -0.3 is 10.6 Å². The Balaban J connectivity index is 1.61. The molecule has 0 spiro atoms. The predicted molar refractivity (Wildman–Crippen MR) is 103 cm³/mol. The molecule has 0 saturated heterocycles. The topological polar surface area (TPSA) is 66.9 Å². The van der Waals surface area contributed by atoms with Gasteiger partial charge in [-0.3, -0.25) is 4.79 Å². The van der Waals surface area contributed by atoms with Crippen LogP contribution in [0, 0.1) is 6.92 Å². The molecule has 0 fully saturated rings. The van der Waals surface area contributed by atoms with Crippen molar-refractivity contribution < 1.29 is 4.79 Å². The minimum atomic E-state index is -0.301. The predicted octanol–water partition coefficient (Wildman–Crippen LogP) is 4.41. The Hall–Kier alpha value is -2.73. The number of aromatic nitrogens is 2. The van der Waals surface area contributed by atoms with Crippen LogP contribution in [0.25, 0.3) is 0 Å². The van der Waals surface area contributed by atoms with Crippen LogP contribution in [0.3, 0.4) is 0 Å². The summed E-state index contributed by atoms with van der Waals surface area (Å²) in [7, 11) is 0. The van der Waals surface area contributed by atoms with Crippen LogP contribution < -0.4 is 10.6 Å². The molecule has 3 aromatic rings. The Morgan fingerprint density at radius 3 is 2.64 bits per heavy atom.